The molecule has 4 rings (SSSR count). The number of benzene rings is 1. The van der Waals surface area contributed by atoms with E-state index in [1.54, 1.807) is 0 Å². The van der Waals surface area contributed by atoms with Gasteiger partial charge in [0.1, 0.15) is 0 Å². The molecule has 2 N–H and O–H groups in total. The summed E-state index contributed by atoms with van der Waals surface area (Å²) in [4.78, 5) is 23.6. The van der Waals surface area contributed by atoms with Crippen LogP contribution in [0.1, 0.15) is 24.1 Å². The number of aromatic nitrogens is 2. The average molecular weight is 394 g/mol. The predicted molar refractivity (Wildman–Crippen MR) is 111 cm³/mol. The van der Waals surface area contributed by atoms with Crippen LogP contribution in [0.15, 0.2) is 46.9 Å². The number of piperidine rings is 1. The van der Waals surface area contributed by atoms with Crippen molar-refractivity contribution >= 4 is 23.2 Å². The van der Waals surface area contributed by atoms with Gasteiger partial charge in [0.25, 0.3) is 6.01 Å². The Morgan fingerprint density at radius 3 is 2.69 bits per heavy atom. The molecule has 0 spiro atoms. The molecule has 3 heterocycles. The average Bonchev–Trinajstić information content (AvgIpc) is 3.17. The van der Waals surface area contributed by atoms with Gasteiger partial charge in [-0.3, -0.25) is 4.79 Å². The Labute approximate surface area is 169 Å². The topological polar surface area (TPSA) is 91.5 Å². The van der Waals surface area contributed by atoms with Crippen LogP contribution in [0.25, 0.3) is 11.2 Å². The first kappa shape index (κ1) is 19.4. The van der Waals surface area contributed by atoms with E-state index in [1.807, 2.05) is 49.4 Å². The number of pyridine rings is 1. The van der Waals surface area contributed by atoms with Crippen LogP contribution in [0, 0.1) is 12.8 Å². The van der Waals surface area contributed by atoms with Gasteiger partial charge in [0.15, 0.2) is 5.58 Å². The zero-order valence-electron chi connectivity index (χ0n) is 16.5. The molecule has 0 aliphatic carbocycles. The van der Waals surface area contributed by atoms with E-state index < -0.39 is 0 Å². The van der Waals surface area contributed by atoms with E-state index in [4.69, 9.17) is 4.42 Å². The SMILES string of the molecule is Cc1ccc2oc(N3CCC(C(=O)N[C@H](CO)Cc4ccccc4)CC3)nc2n1. The number of anilines is 1. The van der Waals surface area contributed by atoms with E-state index in [9.17, 15) is 9.90 Å². The highest BCUT2D eigenvalue weighted by Gasteiger charge is 2.28. The molecular weight excluding hydrogens is 368 g/mol. The number of fused-ring (bicyclic) bond motifs is 1. The lowest BCUT2D eigenvalue weighted by molar-refractivity contribution is -0.126. The summed E-state index contributed by atoms with van der Waals surface area (Å²) in [6.45, 7) is 3.25. The second kappa shape index (κ2) is 8.61. The van der Waals surface area contributed by atoms with Crippen molar-refractivity contribution < 1.29 is 14.3 Å². The van der Waals surface area contributed by atoms with Gasteiger partial charge in [-0.2, -0.15) is 4.98 Å². The third kappa shape index (κ3) is 4.56. The number of rotatable bonds is 6. The van der Waals surface area contributed by atoms with E-state index in [2.05, 4.69) is 20.2 Å². The van der Waals surface area contributed by atoms with Gasteiger partial charge in [0.05, 0.1) is 12.6 Å². The minimum absolute atomic E-state index is 0.00878. The summed E-state index contributed by atoms with van der Waals surface area (Å²) in [6.07, 6.45) is 2.07. The smallest absolute Gasteiger partial charge is 0.299 e. The summed E-state index contributed by atoms with van der Waals surface area (Å²) in [5.41, 5.74) is 3.30. The molecule has 0 radical (unpaired) electrons. The van der Waals surface area contributed by atoms with E-state index in [-0.39, 0.29) is 24.5 Å². The van der Waals surface area contributed by atoms with E-state index in [0.717, 1.165) is 24.1 Å². The van der Waals surface area contributed by atoms with Crippen molar-refractivity contribution in [3.8, 4) is 0 Å². The molecule has 1 saturated heterocycles. The molecule has 1 amide bonds. The molecule has 2 aromatic heterocycles. The van der Waals surface area contributed by atoms with Crippen LogP contribution in [0.3, 0.4) is 0 Å². The normalized spacial score (nSPS) is 16.1. The van der Waals surface area contributed by atoms with Gasteiger partial charge in [0.2, 0.25) is 11.6 Å². The van der Waals surface area contributed by atoms with Crippen LogP contribution >= 0.6 is 0 Å². The largest absolute Gasteiger partial charge is 0.422 e. The maximum atomic E-state index is 12.7. The molecule has 1 aliphatic rings. The minimum atomic E-state index is -0.269. The first-order valence-corrected chi connectivity index (χ1v) is 10.1. The number of oxazole rings is 1. The fourth-order valence-electron chi connectivity index (χ4n) is 3.75. The zero-order chi connectivity index (χ0) is 20.2. The predicted octanol–water partition coefficient (Wildman–Crippen LogP) is 2.47. The first-order valence-electron chi connectivity index (χ1n) is 10.1. The molecule has 0 bridgehead atoms. The summed E-state index contributed by atoms with van der Waals surface area (Å²) in [5.74, 6) is -0.0599. The minimum Gasteiger partial charge on any atom is -0.422 e. The summed E-state index contributed by atoms with van der Waals surface area (Å²) in [5, 5.41) is 12.7. The van der Waals surface area contributed by atoms with Gasteiger partial charge in [0, 0.05) is 24.7 Å². The monoisotopic (exact) mass is 394 g/mol. The highest BCUT2D eigenvalue weighted by atomic mass is 16.4. The highest BCUT2D eigenvalue weighted by Crippen LogP contribution is 2.26. The van der Waals surface area contributed by atoms with Crippen LogP contribution in [-0.2, 0) is 11.2 Å². The second-order valence-electron chi connectivity index (χ2n) is 7.61. The van der Waals surface area contributed by atoms with Crippen molar-refractivity contribution in [1.29, 1.82) is 0 Å². The lowest BCUT2D eigenvalue weighted by Crippen LogP contribution is -2.45. The van der Waals surface area contributed by atoms with Crippen molar-refractivity contribution in [1.82, 2.24) is 15.3 Å². The summed E-state index contributed by atoms with van der Waals surface area (Å²) < 4.78 is 5.83. The fourth-order valence-corrected chi connectivity index (χ4v) is 3.75. The quantitative estimate of drug-likeness (QED) is 0.667. The Hall–Kier alpha value is -2.93. The number of aliphatic hydroxyl groups excluding tert-OH is 1. The first-order chi connectivity index (χ1) is 14.1. The van der Waals surface area contributed by atoms with Crippen molar-refractivity contribution in [2.45, 2.75) is 32.2 Å². The molecule has 3 aromatic rings. The van der Waals surface area contributed by atoms with Crippen LogP contribution in [0.4, 0.5) is 6.01 Å². The maximum absolute atomic E-state index is 12.7. The van der Waals surface area contributed by atoms with Gasteiger partial charge in [-0.15, -0.1) is 0 Å². The number of carbonyl (C=O) groups excluding carboxylic acids is 1. The van der Waals surface area contributed by atoms with Crippen molar-refractivity contribution in [3.05, 3.63) is 53.7 Å². The number of carbonyl (C=O) groups is 1. The number of nitrogens with one attached hydrogen (secondary N) is 1. The summed E-state index contributed by atoms with van der Waals surface area (Å²) in [6, 6.07) is 14.0. The molecule has 1 aliphatic heterocycles. The zero-order valence-corrected chi connectivity index (χ0v) is 16.5. The molecule has 152 valence electrons. The van der Waals surface area contributed by atoms with Crippen LogP contribution < -0.4 is 10.2 Å². The Bertz CT molecular complexity index is 965. The number of nitrogens with zero attached hydrogens (tertiary/aromatic N) is 3. The van der Waals surface area contributed by atoms with Gasteiger partial charge in [-0.25, -0.2) is 4.98 Å². The number of aliphatic hydroxyl groups is 1. The van der Waals surface area contributed by atoms with Crippen LogP contribution in [0.5, 0.6) is 0 Å². The number of hydrogen-bond donors (Lipinski definition) is 2. The molecular formula is C22H26N4O3. The van der Waals surface area contributed by atoms with Crippen molar-refractivity contribution in [2.75, 3.05) is 24.6 Å². The van der Waals surface area contributed by atoms with Crippen molar-refractivity contribution in [3.63, 3.8) is 0 Å². The summed E-state index contributed by atoms with van der Waals surface area (Å²) >= 11 is 0. The molecule has 1 atom stereocenters. The van der Waals surface area contributed by atoms with E-state index >= 15 is 0 Å². The number of aryl methyl sites for hydroxylation is 1. The fraction of sp³-hybridized carbons (Fsp3) is 0.409. The molecule has 1 aromatic carbocycles. The standard InChI is InChI=1S/C22H26N4O3/c1-15-7-8-19-20(23-15)25-22(29-19)26-11-9-17(10-12-26)21(28)24-18(14-27)13-16-5-3-2-4-6-16/h2-8,17-18,27H,9-14H2,1H3,(H,24,28)/t18-/m0/s1. The van der Waals surface area contributed by atoms with Crippen LogP contribution in [-0.4, -0.2) is 46.7 Å². The van der Waals surface area contributed by atoms with Gasteiger partial charge < -0.3 is 19.7 Å². The molecule has 7 nitrogen and oxygen atoms in total. The van der Waals surface area contributed by atoms with Crippen LogP contribution in [0.2, 0.25) is 0 Å². The lowest BCUT2D eigenvalue weighted by Gasteiger charge is -2.31. The molecule has 0 saturated carbocycles. The lowest BCUT2D eigenvalue weighted by atomic mass is 9.95. The third-order valence-corrected chi connectivity index (χ3v) is 5.41. The van der Waals surface area contributed by atoms with E-state index in [0.29, 0.717) is 36.8 Å². The Kier molecular flexibility index (Phi) is 5.76. The molecule has 29 heavy (non-hydrogen) atoms. The van der Waals surface area contributed by atoms with Gasteiger partial charge >= 0.3 is 0 Å². The molecule has 1 fully saturated rings. The van der Waals surface area contributed by atoms with Gasteiger partial charge in [-0.1, -0.05) is 30.3 Å². The Balaban J connectivity index is 1.32. The van der Waals surface area contributed by atoms with Gasteiger partial charge in [-0.05, 0) is 43.9 Å². The number of hydrogen-bond acceptors (Lipinski definition) is 6. The Morgan fingerprint density at radius 1 is 1.21 bits per heavy atom. The van der Waals surface area contributed by atoms with E-state index in [1.165, 1.54) is 0 Å². The number of amides is 1. The maximum Gasteiger partial charge on any atom is 0.299 e. The highest BCUT2D eigenvalue weighted by molar-refractivity contribution is 5.79. The second-order valence-corrected chi connectivity index (χ2v) is 7.61. The molecule has 7 heteroatoms. The third-order valence-electron chi connectivity index (χ3n) is 5.41. The molecule has 0 unspecified atom stereocenters. The van der Waals surface area contributed by atoms with Crippen molar-refractivity contribution in [2.24, 2.45) is 5.92 Å². The summed E-state index contributed by atoms with van der Waals surface area (Å²) in [7, 11) is 0. The Morgan fingerprint density at radius 2 is 1.97 bits per heavy atom.